The van der Waals surface area contributed by atoms with Crippen molar-refractivity contribution in [2.45, 2.75) is 49.7 Å². The molecule has 32 heavy (non-hydrogen) atoms. The van der Waals surface area contributed by atoms with Crippen LogP contribution < -0.4 is 5.32 Å². The molecule has 0 radical (unpaired) electrons. The number of esters is 1. The van der Waals surface area contributed by atoms with E-state index in [2.05, 4.69) is 37.6 Å². The Morgan fingerprint density at radius 2 is 1.94 bits per heavy atom. The van der Waals surface area contributed by atoms with Crippen molar-refractivity contribution >= 4 is 40.7 Å². The Bertz CT molecular complexity index is 1040. The van der Waals surface area contributed by atoms with Crippen molar-refractivity contribution in [1.82, 2.24) is 14.8 Å². The van der Waals surface area contributed by atoms with Gasteiger partial charge < -0.3 is 14.6 Å². The molecule has 4 rings (SSSR count). The fourth-order valence-electron chi connectivity index (χ4n) is 3.94. The Labute approximate surface area is 195 Å². The molecular weight excluding hydrogens is 444 g/mol. The number of nitrogens with zero attached hydrogens (tertiary/aromatic N) is 3. The summed E-state index contributed by atoms with van der Waals surface area (Å²) in [5, 5.41) is 14.7. The molecule has 0 saturated heterocycles. The van der Waals surface area contributed by atoms with E-state index in [1.807, 2.05) is 0 Å². The zero-order chi connectivity index (χ0) is 22.3. The lowest BCUT2D eigenvalue weighted by atomic mass is 9.95. The van der Waals surface area contributed by atoms with Crippen LogP contribution in [0.2, 0.25) is 0 Å². The highest BCUT2D eigenvalue weighted by atomic mass is 32.2. The number of methoxy groups -OCH3 is 1. The predicted octanol–water partition coefficient (Wildman–Crippen LogP) is 4.95. The number of rotatable bonds is 8. The summed E-state index contributed by atoms with van der Waals surface area (Å²) in [6.45, 7) is 0. The van der Waals surface area contributed by atoms with Crippen molar-refractivity contribution in [2.24, 2.45) is 0 Å². The summed E-state index contributed by atoms with van der Waals surface area (Å²) < 4.78 is 6.96. The molecule has 1 saturated carbocycles. The van der Waals surface area contributed by atoms with Crippen molar-refractivity contribution in [3.8, 4) is 0 Å². The van der Waals surface area contributed by atoms with Crippen molar-refractivity contribution in [1.29, 1.82) is 0 Å². The van der Waals surface area contributed by atoms with Crippen molar-refractivity contribution in [3.63, 3.8) is 0 Å². The summed E-state index contributed by atoms with van der Waals surface area (Å²) in [7, 11) is 1.34. The number of amides is 1. The largest absolute Gasteiger partial charge is 0.465 e. The number of benzene rings is 1. The van der Waals surface area contributed by atoms with Crippen LogP contribution in [0.3, 0.4) is 0 Å². The molecule has 168 valence electrons. The SMILES string of the molecule is COC(=O)c1ccc(NC(=O)CSc2nnc(Cc3cccs3)n2C2CCCCC2)cc1. The summed E-state index contributed by atoms with van der Waals surface area (Å²) in [5.74, 6) is 0.682. The Balaban J connectivity index is 1.42. The molecule has 3 aromatic rings. The average molecular weight is 471 g/mol. The molecule has 1 amide bonds. The molecule has 0 bridgehead atoms. The molecule has 0 atom stereocenters. The molecule has 9 heteroatoms. The number of aromatic nitrogens is 3. The maximum absolute atomic E-state index is 12.5. The molecule has 1 fully saturated rings. The molecule has 1 aliphatic carbocycles. The lowest BCUT2D eigenvalue weighted by molar-refractivity contribution is -0.113. The Morgan fingerprint density at radius 3 is 2.62 bits per heavy atom. The number of carbonyl (C=O) groups excluding carboxylic acids is 2. The third-order valence-electron chi connectivity index (χ3n) is 5.51. The smallest absolute Gasteiger partial charge is 0.337 e. The lowest BCUT2D eigenvalue weighted by Gasteiger charge is -2.25. The van der Waals surface area contributed by atoms with E-state index in [4.69, 9.17) is 4.74 Å². The minimum absolute atomic E-state index is 0.126. The third-order valence-corrected chi connectivity index (χ3v) is 7.33. The van der Waals surface area contributed by atoms with Gasteiger partial charge in [0.05, 0.1) is 18.4 Å². The molecule has 2 aromatic heterocycles. The monoisotopic (exact) mass is 470 g/mol. The topological polar surface area (TPSA) is 86.1 Å². The van der Waals surface area contributed by atoms with Crippen LogP contribution in [0.1, 0.15) is 59.2 Å². The lowest BCUT2D eigenvalue weighted by Crippen LogP contribution is -2.18. The first kappa shape index (κ1) is 22.5. The standard InChI is InChI=1S/C23H26N4O3S2/c1-30-22(29)16-9-11-17(12-10-16)24-21(28)15-32-23-26-25-20(14-19-8-5-13-31-19)27(23)18-6-3-2-4-7-18/h5,8-13,18H,2-4,6-7,14-15H2,1H3,(H,24,28). The van der Waals surface area contributed by atoms with Gasteiger partial charge in [0.2, 0.25) is 5.91 Å². The molecular formula is C23H26N4O3S2. The highest BCUT2D eigenvalue weighted by Gasteiger charge is 2.23. The number of hydrogen-bond acceptors (Lipinski definition) is 7. The number of nitrogens with one attached hydrogen (secondary N) is 1. The van der Waals surface area contributed by atoms with Crippen LogP contribution >= 0.6 is 23.1 Å². The molecule has 7 nitrogen and oxygen atoms in total. The normalized spacial score (nSPS) is 14.3. The van der Waals surface area contributed by atoms with Gasteiger partial charge in [-0.05, 0) is 48.6 Å². The maximum Gasteiger partial charge on any atom is 0.337 e. The highest BCUT2D eigenvalue weighted by Crippen LogP contribution is 2.33. The first-order valence-corrected chi connectivity index (χ1v) is 12.6. The molecule has 1 N–H and O–H groups in total. The second-order valence-electron chi connectivity index (χ2n) is 7.72. The average Bonchev–Trinajstić information content (AvgIpc) is 3.48. The predicted molar refractivity (Wildman–Crippen MR) is 126 cm³/mol. The van der Waals surface area contributed by atoms with E-state index in [0.717, 1.165) is 30.2 Å². The fraction of sp³-hybridized carbons (Fsp3) is 0.391. The summed E-state index contributed by atoms with van der Waals surface area (Å²) in [6, 6.07) is 11.2. The van der Waals surface area contributed by atoms with E-state index < -0.39 is 5.97 Å². The van der Waals surface area contributed by atoms with E-state index >= 15 is 0 Å². The van der Waals surface area contributed by atoms with Gasteiger partial charge in [0.25, 0.3) is 0 Å². The molecule has 0 aliphatic heterocycles. The van der Waals surface area contributed by atoms with E-state index in [1.54, 1.807) is 35.6 Å². The summed E-state index contributed by atoms with van der Waals surface area (Å²) >= 11 is 3.14. The van der Waals surface area contributed by atoms with Crippen LogP contribution in [0, 0.1) is 0 Å². The minimum Gasteiger partial charge on any atom is -0.465 e. The van der Waals surface area contributed by atoms with Gasteiger partial charge in [-0.15, -0.1) is 21.5 Å². The molecule has 0 unspecified atom stereocenters. The van der Waals surface area contributed by atoms with Gasteiger partial charge in [-0.3, -0.25) is 4.79 Å². The van der Waals surface area contributed by atoms with E-state index in [9.17, 15) is 9.59 Å². The van der Waals surface area contributed by atoms with Crippen molar-refractivity contribution < 1.29 is 14.3 Å². The second-order valence-corrected chi connectivity index (χ2v) is 9.70. The van der Waals surface area contributed by atoms with Gasteiger partial charge in [-0.2, -0.15) is 0 Å². The molecule has 1 aliphatic rings. The summed E-state index contributed by atoms with van der Waals surface area (Å²) in [4.78, 5) is 25.3. The number of ether oxygens (including phenoxy) is 1. The number of hydrogen-bond donors (Lipinski definition) is 1. The van der Waals surface area contributed by atoms with Crippen LogP contribution in [0.5, 0.6) is 0 Å². The van der Waals surface area contributed by atoms with Gasteiger partial charge in [0.15, 0.2) is 5.16 Å². The third kappa shape index (κ3) is 5.58. The zero-order valence-corrected chi connectivity index (χ0v) is 19.6. The zero-order valence-electron chi connectivity index (χ0n) is 18.0. The van der Waals surface area contributed by atoms with Gasteiger partial charge in [-0.1, -0.05) is 37.1 Å². The minimum atomic E-state index is -0.404. The number of thioether (sulfide) groups is 1. The van der Waals surface area contributed by atoms with E-state index in [-0.39, 0.29) is 11.7 Å². The van der Waals surface area contributed by atoms with Gasteiger partial charge in [0.1, 0.15) is 5.82 Å². The van der Waals surface area contributed by atoms with Crippen LogP contribution in [0.15, 0.2) is 46.9 Å². The Hall–Kier alpha value is -2.65. The van der Waals surface area contributed by atoms with Crippen LogP contribution in [-0.2, 0) is 16.0 Å². The van der Waals surface area contributed by atoms with Crippen LogP contribution in [0.4, 0.5) is 5.69 Å². The van der Waals surface area contributed by atoms with Gasteiger partial charge in [-0.25, -0.2) is 4.79 Å². The molecule has 0 spiro atoms. The summed E-state index contributed by atoms with van der Waals surface area (Å²) in [6.07, 6.45) is 6.73. The van der Waals surface area contributed by atoms with Crippen molar-refractivity contribution in [2.75, 3.05) is 18.2 Å². The van der Waals surface area contributed by atoms with E-state index in [0.29, 0.717) is 17.3 Å². The Morgan fingerprint density at radius 1 is 1.16 bits per heavy atom. The van der Waals surface area contributed by atoms with Gasteiger partial charge in [0, 0.05) is 23.0 Å². The van der Waals surface area contributed by atoms with Crippen molar-refractivity contribution in [3.05, 3.63) is 58.0 Å². The number of carbonyl (C=O) groups is 2. The Kier molecular flexibility index (Phi) is 7.59. The number of thiophene rings is 1. The quantitative estimate of drug-likeness (QED) is 0.370. The van der Waals surface area contributed by atoms with Crippen LogP contribution in [-0.4, -0.2) is 39.5 Å². The van der Waals surface area contributed by atoms with Crippen LogP contribution in [0.25, 0.3) is 0 Å². The van der Waals surface area contributed by atoms with Gasteiger partial charge >= 0.3 is 5.97 Å². The molecule has 1 aromatic carbocycles. The summed E-state index contributed by atoms with van der Waals surface area (Å²) in [5.41, 5.74) is 1.08. The highest BCUT2D eigenvalue weighted by molar-refractivity contribution is 7.99. The maximum atomic E-state index is 12.5. The number of anilines is 1. The second kappa shape index (κ2) is 10.8. The van der Waals surface area contributed by atoms with E-state index in [1.165, 1.54) is 43.0 Å². The first-order valence-electron chi connectivity index (χ1n) is 10.7. The first-order chi connectivity index (χ1) is 15.6. The molecule has 2 heterocycles. The fourth-order valence-corrected chi connectivity index (χ4v) is 5.46.